The monoisotopic (exact) mass is 505 g/mol. The highest BCUT2D eigenvalue weighted by Crippen LogP contribution is 2.25. The zero-order valence-electron chi connectivity index (χ0n) is 18.8. The number of anilines is 1. The molecule has 8 nitrogen and oxygen atoms in total. The van der Waals surface area contributed by atoms with Crippen LogP contribution in [0.4, 0.5) is 5.69 Å². The van der Waals surface area contributed by atoms with Crippen LogP contribution in [0, 0.1) is 5.92 Å². The van der Waals surface area contributed by atoms with Crippen LogP contribution >= 0.6 is 11.6 Å². The van der Waals surface area contributed by atoms with E-state index in [-0.39, 0.29) is 36.6 Å². The molecule has 2 aromatic rings. The number of carbonyl (C=O) groups excluding carboxylic acids is 2. The standard InChI is InChI=1S/C24H28ClN3O5S/c25-20-7-5-18(6-8-20)17-34(31,32)28-11-9-19(10-12-28)23(29)26-22-4-2-1-3-21(22)24(30)27-13-15-33-16-14-27/h1-8,19H,9-17H2,(H,26,29). The number of carbonyl (C=O) groups is 2. The van der Waals surface area contributed by atoms with Gasteiger partial charge in [-0.1, -0.05) is 35.9 Å². The Morgan fingerprint density at radius 1 is 0.971 bits per heavy atom. The first-order chi connectivity index (χ1) is 16.3. The number of hydrogen-bond donors (Lipinski definition) is 1. The molecule has 2 saturated heterocycles. The number of hydrogen-bond acceptors (Lipinski definition) is 5. The molecular weight excluding hydrogens is 478 g/mol. The Labute approximate surface area is 204 Å². The van der Waals surface area contributed by atoms with E-state index in [4.69, 9.17) is 16.3 Å². The van der Waals surface area contributed by atoms with Crippen LogP contribution in [0.2, 0.25) is 5.02 Å². The van der Waals surface area contributed by atoms with Gasteiger partial charge in [0, 0.05) is 37.1 Å². The maximum absolute atomic E-state index is 13.0. The Hall–Kier alpha value is -2.46. The average Bonchev–Trinajstić information content (AvgIpc) is 2.86. The molecule has 0 aromatic heterocycles. The van der Waals surface area contributed by atoms with Gasteiger partial charge in [0.05, 0.1) is 30.2 Å². The minimum atomic E-state index is -3.49. The van der Waals surface area contributed by atoms with Crippen LogP contribution in [-0.2, 0) is 25.3 Å². The van der Waals surface area contributed by atoms with Gasteiger partial charge in [0.1, 0.15) is 0 Å². The van der Waals surface area contributed by atoms with E-state index in [2.05, 4.69) is 5.32 Å². The Balaban J connectivity index is 1.35. The highest BCUT2D eigenvalue weighted by molar-refractivity contribution is 7.88. The van der Waals surface area contributed by atoms with Crippen LogP contribution in [0.15, 0.2) is 48.5 Å². The lowest BCUT2D eigenvalue weighted by molar-refractivity contribution is -0.120. The molecule has 0 radical (unpaired) electrons. The zero-order chi connectivity index (χ0) is 24.1. The van der Waals surface area contributed by atoms with Crippen molar-refractivity contribution in [1.29, 1.82) is 0 Å². The molecule has 0 spiro atoms. The summed E-state index contributed by atoms with van der Waals surface area (Å²) in [6.45, 7) is 2.60. The van der Waals surface area contributed by atoms with Crippen molar-refractivity contribution in [3.63, 3.8) is 0 Å². The molecule has 10 heteroatoms. The highest BCUT2D eigenvalue weighted by Gasteiger charge is 2.32. The number of ether oxygens (including phenoxy) is 1. The van der Waals surface area contributed by atoms with E-state index < -0.39 is 10.0 Å². The molecule has 2 aliphatic heterocycles. The molecule has 2 heterocycles. The van der Waals surface area contributed by atoms with Gasteiger partial charge in [-0.15, -0.1) is 0 Å². The van der Waals surface area contributed by atoms with E-state index >= 15 is 0 Å². The van der Waals surface area contributed by atoms with Crippen LogP contribution in [-0.4, -0.2) is 68.8 Å². The second-order valence-electron chi connectivity index (χ2n) is 8.50. The second-order valence-corrected chi connectivity index (χ2v) is 10.9. The average molecular weight is 506 g/mol. The summed E-state index contributed by atoms with van der Waals surface area (Å²) in [7, 11) is -3.49. The molecular formula is C24H28ClN3O5S. The van der Waals surface area contributed by atoms with Crippen molar-refractivity contribution in [2.24, 2.45) is 5.92 Å². The summed E-state index contributed by atoms with van der Waals surface area (Å²) in [5, 5.41) is 3.46. The van der Waals surface area contributed by atoms with Crippen molar-refractivity contribution in [1.82, 2.24) is 9.21 Å². The molecule has 2 amide bonds. The van der Waals surface area contributed by atoms with Crippen LogP contribution in [0.3, 0.4) is 0 Å². The van der Waals surface area contributed by atoms with Gasteiger partial charge in [-0.3, -0.25) is 9.59 Å². The number of nitrogens with one attached hydrogen (secondary N) is 1. The number of para-hydroxylation sites is 1. The molecule has 0 bridgehead atoms. The van der Waals surface area contributed by atoms with Crippen molar-refractivity contribution in [3.05, 3.63) is 64.7 Å². The third-order valence-electron chi connectivity index (χ3n) is 6.19. The summed E-state index contributed by atoms with van der Waals surface area (Å²) in [5.41, 5.74) is 1.59. The zero-order valence-corrected chi connectivity index (χ0v) is 20.4. The van der Waals surface area contributed by atoms with Gasteiger partial charge in [0.2, 0.25) is 15.9 Å². The van der Waals surface area contributed by atoms with Crippen molar-refractivity contribution in [2.45, 2.75) is 18.6 Å². The fourth-order valence-corrected chi connectivity index (χ4v) is 5.92. The van der Waals surface area contributed by atoms with Crippen LogP contribution in [0.5, 0.6) is 0 Å². The maximum atomic E-state index is 13.0. The normalized spacial score (nSPS) is 18.0. The van der Waals surface area contributed by atoms with Gasteiger partial charge in [-0.2, -0.15) is 0 Å². The number of nitrogens with zero attached hydrogens (tertiary/aromatic N) is 2. The van der Waals surface area contributed by atoms with Crippen molar-refractivity contribution in [2.75, 3.05) is 44.7 Å². The number of amides is 2. The quantitative estimate of drug-likeness (QED) is 0.651. The molecule has 2 aliphatic rings. The first kappa shape index (κ1) is 24.7. The molecule has 1 N–H and O–H groups in total. The van der Waals surface area contributed by atoms with Gasteiger partial charge in [0.15, 0.2) is 0 Å². The SMILES string of the molecule is O=C(Nc1ccccc1C(=O)N1CCOCC1)C1CCN(S(=O)(=O)Cc2ccc(Cl)cc2)CC1. The van der Waals surface area contributed by atoms with E-state index in [0.29, 0.717) is 61.0 Å². The van der Waals surface area contributed by atoms with Crippen LogP contribution in [0.1, 0.15) is 28.8 Å². The minimum absolute atomic E-state index is 0.0991. The molecule has 182 valence electrons. The van der Waals surface area contributed by atoms with Gasteiger partial charge >= 0.3 is 0 Å². The molecule has 0 atom stereocenters. The van der Waals surface area contributed by atoms with Crippen molar-refractivity contribution in [3.8, 4) is 0 Å². The van der Waals surface area contributed by atoms with Gasteiger partial charge in [-0.25, -0.2) is 12.7 Å². The summed E-state index contributed by atoms with van der Waals surface area (Å²) in [6.07, 6.45) is 0.844. The number of halogens is 1. The van der Waals surface area contributed by atoms with Gasteiger partial charge in [0.25, 0.3) is 5.91 Å². The summed E-state index contributed by atoms with van der Waals surface area (Å²) in [5.74, 6) is -0.759. The number of sulfonamides is 1. The molecule has 2 aromatic carbocycles. The maximum Gasteiger partial charge on any atom is 0.256 e. The Morgan fingerprint density at radius 2 is 1.62 bits per heavy atom. The summed E-state index contributed by atoms with van der Waals surface area (Å²) in [6, 6.07) is 13.7. The largest absolute Gasteiger partial charge is 0.378 e. The lowest BCUT2D eigenvalue weighted by Gasteiger charge is -2.31. The molecule has 0 unspecified atom stereocenters. The van der Waals surface area contributed by atoms with E-state index in [1.807, 2.05) is 0 Å². The Morgan fingerprint density at radius 3 is 2.29 bits per heavy atom. The van der Waals surface area contributed by atoms with Crippen molar-refractivity contribution < 1.29 is 22.7 Å². The summed E-state index contributed by atoms with van der Waals surface area (Å²) in [4.78, 5) is 27.6. The van der Waals surface area contributed by atoms with Crippen LogP contribution < -0.4 is 5.32 Å². The smallest absolute Gasteiger partial charge is 0.256 e. The number of morpholine rings is 1. The Kier molecular flexibility index (Phi) is 7.88. The number of rotatable bonds is 6. The number of piperidine rings is 1. The fraction of sp³-hybridized carbons (Fsp3) is 0.417. The van der Waals surface area contributed by atoms with Gasteiger partial charge < -0.3 is 15.0 Å². The van der Waals surface area contributed by atoms with Gasteiger partial charge in [-0.05, 0) is 42.7 Å². The minimum Gasteiger partial charge on any atom is -0.378 e. The second kappa shape index (κ2) is 10.9. The van der Waals surface area contributed by atoms with E-state index in [9.17, 15) is 18.0 Å². The van der Waals surface area contributed by atoms with E-state index in [1.54, 1.807) is 53.4 Å². The molecule has 0 aliphatic carbocycles. The fourth-order valence-electron chi connectivity index (χ4n) is 4.23. The highest BCUT2D eigenvalue weighted by atomic mass is 35.5. The van der Waals surface area contributed by atoms with Crippen LogP contribution in [0.25, 0.3) is 0 Å². The predicted molar refractivity (Wildman–Crippen MR) is 130 cm³/mol. The summed E-state index contributed by atoms with van der Waals surface area (Å²) >= 11 is 5.88. The van der Waals surface area contributed by atoms with E-state index in [0.717, 1.165) is 0 Å². The molecule has 2 fully saturated rings. The molecule has 34 heavy (non-hydrogen) atoms. The van der Waals surface area contributed by atoms with Crippen molar-refractivity contribution >= 4 is 39.1 Å². The topological polar surface area (TPSA) is 96.0 Å². The lowest BCUT2D eigenvalue weighted by Crippen LogP contribution is -2.42. The third-order valence-corrected chi connectivity index (χ3v) is 8.30. The summed E-state index contributed by atoms with van der Waals surface area (Å²) < 4.78 is 32.4. The lowest BCUT2D eigenvalue weighted by atomic mass is 9.97. The first-order valence-corrected chi connectivity index (χ1v) is 13.3. The van der Waals surface area contributed by atoms with E-state index in [1.165, 1.54) is 4.31 Å². The molecule has 4 rings (SSSR count). The Bertz CT molecular complexity index is 1130. The predicted octanol–water partition coefficient (Wildman–Crippen LogP) is 2.99. The molecule has 0 saturated carbocycles. The first-order valence-electron chi connectivity index (χ1n) is 11.3. The number of benzene rings is 2. The third kappa shape index (κ3) is 5.96.